The Bertz CT molecular complexity index is 504. The molecule has 0 N–H and O–H groups in total. The number of hydrogen-bond donors (Lipinski definition) is 0. The Balaban J connectivity index is 2.76. The smallest absolute Gasteiger partial charge is 0.339 e. The van der Waals surface area contributed by atoms with E-state index in [-0.39, 0.29) is 17.2 Å². The minimum absolute atomic E-state index is 0.0962. The molecule has 1 rings (SSSR count). The van der Waals surface area contributed by atoms with E-state index in [1.165, 1.54) is 0 Å². The van der Waals surface area contributed by atoms with Crippen LogP contribution in [0, 0.1) is 0 Å². The molecule has 0 unspecified atom stereocenters. The fourth-order valence-corrected chi connectivity index (χ4v) is 2.55. The minimum Gasteiger partial charge on any atom is -0.462 e. The number of benzene rings is 1. The topological polar surface area (TPSA) is 52.6 Å². The predicted octanol–water partition coefficient (Wildman–Crippen LogP) is 5.16. The molecule has 0 aromatic heterocycles. The van der Waals surface area contributed by atoms with Crippen LogP contribution in [0.2, 0.25) is 0 Å². The van der Waals surface area contributed by atoms with Crippen LogP contribution in [0.3, 0.4) is 0 Å². The van der Waals surface area contributed by atoms with Gasteiger partial charge in [-0.25, -0.2) is 9.59 Å². The summed E-state index contributed by atoms with van der Waals surface area (Å²) in [6.07, 6.45) is 6.42. The number of hydrogen-bond acceptors (Lipinski definition) is 4. The lowest BCUT2D eigenvalue weighted by Gasteiger charge is -2.17. The van der Waals surface area contributed by atoms with Crippen molar-refractivity contribution >= 4 is 11.9 Å². The molecule has 0 aliphatic carbocycles. The third kappa shape index (κ3) is 6.73. The van der Waals surface area contributed by atoms with Crippen LogP contribution in [0.1, 0.15) is 86.4 Å². The highest BCUT2D eigenvalue weighted by Gasteiger charge is 2.21. The summed E-state index contributed by atoms with van der Waals surface area (Å²) in [5.74, 6) is -0.899. The van der Waals surface area contributed by atoms with Gasteiger partial charge in [-0.05, 0) is 31.4 Å². The van der Waals surface area contributed by atoms with Gasteiger partial charge in [0.15, 0.2) is 0 Å². The maximum Gasteiger partial charge on any atom is 0.339 e. The summed E-state index contributed by atoms with van der Waals surface area (Å²) >= 11 is 0. The molecule has 0 spiro atoms. The zero-order chi connectivity index (χ0) is 17.8. The Morgan fingerprint density at radius 1 is 0.875 bits per heavy atom. The zero-order valence-electron chi connectivity index (χ0n) is 15.2. The van der Waals surface area contributed by atoms with Crippen LogP contribution in [0.5, 0.6) is 0 Å². The van der Waals surface area contributed by atoms with Gasteiger partial charge in [0, 0.05) is 0 Å². The fraction of sp³-hybridized carbons (Fsp3) is 0.600. The third-order valence-electron chi connectivity index (χ3n) is 3.84. The van der Waals surface area contributed by atoms with Gasteiger partial charge in [0.25, 0.3) is 0 Å². The van der Waals surface area contributed by atoms with E-state index < -0.39 is 11.9 Å². The van der Waals surface area contributed by atoms with Crippen LogP contribution in [-0.2, 0) is 9.47 Å². The van der Waals surface area contributed by atoms with Gasteiger partial charge in [-0.1, -0.05) is 58.6 Å². The van der Waals surface area contributed by atoms with E-state index in [9.17, 15) is 9.59 Å². The van der Waals surface area contributed by atoms with E-state index in [4.69, 9.17) is 9.47 Å². The van der Waals surface area contributed by atoms with E-state index in [1.807, 2.05) is 0 Å². The third-order valence-corrected chi connectivity index (χ3v) is 3.84. The largest absolute Gasteiger partial charge is 0.462 e. The van der Waals surface area contributed by atoms with Crippen molar-refractivity contribution < 1.29 is 19.1 Å². The highest BCUT2D eigenvalue weighted by molar-refractivity contribution is 6.03. The molecule has 1 aromatic rings. The van der Waals surface area contributed by atoms with Crippen molar-refractivity contribution in [3.8, 4) is 0 Å². The Kier molecular flexibility index (Phi) is 9.81. The molecule has 0 radical (unpaired) electrons. The Morgan fingerprint density at radius 2 is 1.46 bits per heavy atom. The van der Waals surface area contributed by atoms with Crippen molar-refractivity contribution in [2.24, 2.45) is 0 Å². The van der Waals surface area contributed by atoms with Gasteiger partial charge in [0.05, 0.1) is 17.7 Å². The van der Waals surface area contributed by atoms with Crippen molar-refractivity contribution in [2.45, 2.75) is 71.8 Å². The van der Waals surface area contributed by atoms with Gasteiger partial charge < -0.3 is 9.47 Å². The van der Waals surface area contributed by atoms with Crippen molar-refractivity contribution in [3.63, 3.8) is 0 Å². The van der Waals surface area contributed by atoms with Crippen LogP contribution in [-0.4, -0.2) is 24.6 Å². The van der Waals surface area contributed by atoms with Gasteiger partial charge in [0.1, 0.15) is 6.10 Å². The molecular weight excluding hydrogens is 304 g/mol. The summed E-state index contributed by atoms with van der Waals surface area (Å²) in [5.41, 5.74) is 0.570. The first-order chi connectivity index (χ1) is 11.6. The summed E-state index contributed by atoms with van der Waals surface area (Å²) in [7, 11) is 0. The van der Waals surface area contributed by atoms with Crippen LogP contribution in [0.25, 0.3) is 0 Å². The molecule has 4 heteroatoms. The first-order valence-electron chi connectivity index (χ1n) is 9.11. The molecule has 1 aromatic carbocycles. The summed E-state index contributed by atoms with van der Waals surface area (Å²) < 4.78 is 10.9. The van der Waals surface area contributed by atoms with E-state index in [0.717, 1.165) is 44.9 Å². The van der Waals surface area contributed by atoms with E-state index >= 15 is 0 Å². The van der Waals surface area contributed by atoms with Crippen molar-refractivity contribution in [1.82, 2.24) is 0 Å². The molecule has 0 aliphatic heterocycles. The molecule has 0 amide bonds. The van der Waals surface area contributed by atoms with Gasteiger partial charge in [-0.2, -0.15) is 0 Å². The second-order valence-electron chi connectivity index (χ2n) is 5.99. The quantitative estimate of drug-likeness (QED) is 0.414. The second kappa shape index (κ2) is 11.7. The molecule has 24 heavy (non-hydrogen) atoms. The monoisotopic (exact) mass is 334 g/mol. The van der Waals surface area contributed by atoms with E-state index in [0.29, 0.717) is 6.61 Å². The highest BCUT2D eigenvalue weighted by atomic mass is 16.5. The number of esters is 2. The molecule has 0 atom stereocenters. The lowest BCUT2D eigenvalue weighted by molar-refractivity contribution is 0.0249. The maximum absolute atomic E-state index is 12.5. The fourth-order valence-electron chi connectivity index (χ4n) is 2.55. The van der Waals surface area contributed by atoms with E-state index in [1.54, 1.807) is 24.3 Å². The lowest BCUT2D eigenvalue weighted by atomic mass is 10.1. The van der Waals surface area contributed by atoms with Crippen LogP contribution in [0.4, 0.5) is 0 Å². The number of carbonyl (C=O) groups is 2. The maximum atomic E-state index is 12.5. The molecule has 0 saturated heterocycles. The predicted molar refractivity (Wildman–Crippen MR) is 95.3 cm³/mol. The summed E-state index contributed by atoms with van der Waals surface area (Å²) in [6, 6.07) is 6.71. The lowest BCUT2D eigenvalue weighted by Crippen LogP contribution is -2.20. The minimum atomic E-state index is -0.457. The van der Waals surface area contributed by atoms with Gasteiger partial charge >= 0.3 is 11.9 Å². The van der Waals surface area contributed by atoms with Crippen LogP contribution >= 0.6 is 0 Å². The molecule has 0 saturated carbocycles. The first-order valence-corrected chi connectivity index (χ1v) is 9.11. The van der Waals surface area contributed by atoms with Gasteiger partial charge in [-0.15, -0.1) is 0 Å². The molecule has 0 heterocycles. The normalized spacial score (nSPS) is 10.7. The van der Waals surface area contributed by atoms with E-state index in [2.05, 4.69) is 20.8 Å². The summed E-state index contributed by atoms with van der Waals surface area (Å²) in [6.45, 7) is 6.61. The van der Waals surface area contributed by atoms with Crippen LogP contribution in [0.15, 0.2) is 24.3 Å². The molecule has 0 aliphatic rings. The number of rotatable bonds is 11. The van der Waals surface area contributed by atoms with Gasteiger partial charge in [0.2, 0.25) is 0 Å². The van der Waals surface area contributed by atoms with Crippen molar-refractivity contribution in [1.29, 1.82) is 0 Å². The van der Waals surface area contributed by atoms with Gasteiger partial charge in [-0.3, -0.25) is 0 Å². The average Bonchev–Trinajstić information content (AvgIpc) is 2.59. The molecule has 134 valence electrons. The second-order valence-corrected chi connectivity index (χ2v) is 5.99. The number of carbonyl (C=O) groups excluding carboxylic acids is 2. The number of unbranched alkanes of at least 4 members (excludes halogenated alkanes) is 2. The zero-order valence-corrected chi connectivity index (χ0v) is 15.2. The first kappa shape index (κ1) is 20.2. The average molecular weight is 334 g/mol. The highest BCUT2D eigenvalue weighted by Crippen LogP contribution is 2.16. The summed E-state index contributed by atoms with van der Waals surface area (Å²) in [5, 5.41) is 0. The Morgan fingerprint density at radius 3 is 2.00 bits per heavy atom. The van der Waals surface area contributed by atoms with Crippen LogP contribution < -0.4 is 0 Å². The van der Waals surface area contributed by atoms with Crippen molar-refractivity contribution in [2.75, 3.05) is 6.61 Å². The molecular formula is C20H30O4. The Hall–Kier alpha value is -1.84. The van der Waals surface area contributed by atoms with Crippen molar-refractivity contribution in [3.05, 3.63) is 35.4 Å². The molecule has 0 fully saturated rings. The SMILES string of the molecule is CCCCCOC(=O)c1ccccc1C(=O)OC(CCC)CCC. The standard InChI is InChI=1S/C20H30O4/c1-4-7-10-15-23-19(21)17-13-8-9-14-18(17)20(22)24-16(11-5-2)12-6-3/h8-9,13-14,16H,4-7,10-12,15H2,1-3H3. The Labute approximate surface area is 145 Å². The molecule has 0 bridgehead atoms. The molecule has 4 nitrogen and oxygen atoms in total. The summed E-state index contributed by atoms with van der Waals surface area (Å²) in [4.78, 5) is 24.7. The number of ether oxygens (including phenoxy) is 2.